The van der Waals surface area contributed by atoms with Gasteiger partial charge in [0.1, 0.15) is 5.00 Å². The zero-order valence-corrected chi connectivity index (χ0v) is 11.1. The molecule has 0 aliphatic heterocycles. The molecule has 100 valence electrons. The van der Waals surface area contributed by atoms with Crippen molar-refractivity contribution in [1.29, 1.82) is 0 Å². The van der Waals surface area contributed by atoms with Crippen LogP contribution in [0, 0.1) is 6.92 Å². The smallest absolute Gasteiger partial charge is 0.412 e. The first kappa shape index (κ1) is 14.3. The van der Waals surface area contributed by atoms with Crippen LogP contribution in [0.3, 0.4) is 0 Å². The summed E-state index contributed by atoms with van der Waals surface area (Å²) >= 11 is 1.25. The Labute approximate surface area is 109 Å². The van der Waals surface area contributed by atoms with Gasteiger partial charge in [-0.25, -0.2) is 9.59 Å². The van der Waals surface area contributed by atoms with E-state index < -0.39 is 12.2 Å². The van der Waals surface area contributed by atoms with Crippen molar-refractivity contribution in [3.63, 3.8) is 0 Å². The third-order valence-corrected chi connectivity index (χ3v) is 3.17. The minimum Gasteiger partial charge on any atom is -0.465 e. The van der Waals surface area contributed by atoms with Gasteiger partial charge < -0.3 is 9.84 Å². The van der Waals surface area contributed by atoms with Crippen LogP contribution in [0.5, 0.6) is 0 Å². The van der Waals surface area contributed by atoms with E-state index in [2.05, 4.69) is 10.6 Å². The summed E-state index contributed by atoms with van der Waals surface area (Å²) in [6.45, 7) is 4.11. The fraction of sp³-hybridized carbons (Fsp3) is 0.455. The number of unbranched alkanes of at least 4 members (excludes halogenated alkanes) is 1. The quantitative estimate of drug-likeness (QED) is 0.716. The van der Waals surface area contributed by atoms with Crippen LogP contribution < -0.4 is 10.6 Å². The molecular weight excluding hydrogens is 256 g/mol. The van der Waals surface area contributed by atoms with Crippen molar-refractivity contribution in [3.05, 3.63) is 10.9 Å². The molecule has 0 aliphatic carbocycles. The van der Waals surface area contributed by atoms with Crippen LogP contribution in [0.1, 0.15) is 25.3 Å². The minimum absolute atomic E-state index is 0.356. The van der Waals surface area contributed by atoms with Gasteiger partial charge in [-0.05, 0) is 24.3 Å². The number of aryl methyl sites for hydroxylation is 1. The van der Waals surface area contributed by atoms with Gasteiger partial charge in [-0.2, -0.15) is 0 Å². The number of thiophene rings is 1. The van der Waals surface area contributed by atoms with Gasteiger partial charge in [0, 0.05) is 0 Å². The molecule has 0 aromatic carbocycles. The number of nitrogens with one attached hydrogen (secondary N) is 2. The molecule has 1 aromatic heterocycles. The van der Waals surface area contributed by atoms with Crippen molar-refractivity contribution in [2.75, 3.05) is 17.2 Å². The minimum atomic E-state index is -1.17. The standard InChI is InChI=1S/C11H16N2O4S/c1-3-4-5-17-11(16)13-9-8(12-10(14)15)7(2)6-18-9/h6,12H,3-5H2,1-2H3,(H,13,16)(H,14,15). The zero-order valence-electron chi connectivity index (χ0n) is 10.3. The Morgan fingerprint density at radius 3 is 2.78 bits per heavy atom. The normalized spacial score (nSPS) is 9.89. The maximum Gasteiger partial charge on any atom is 0.412 e. The number of carbonyl (C=O) groups excluding carboxylic acids is 1. The summed E-state index contributed by atoms with van der Waals surface area (Å²) in [5.74, 6) is 0. The summed E-state index contributed by atoms with van der Waals surface area (Å²) in [6, 6.07) is 0. The number of hydrogen-bond acceptors (Lipinski definition) is 4. The van der Waals surface area contributed by atoms with E-state index in [0.717, 1.165) is 18.4 Å². The summed E-state index contributed by atoms with van der Waals surface area (Å²) in [7, 11) is 0. The summed E-state index contributed by atoms with van der Waals surface area (Å²) in [4.78, 5) is 22.1. The highest BCUT2D eigenvalue weighted by molar-refractivity contribution is 7.15. The third-order valence-electron chi connectivity index (χ3n) is 2.15. The molecule has 0 radical (unpaired) electrons. The lowest BCUT2D eigenvalue weighted by molar-refractivity contribution is 0.160. The fourth-order valence-corrected chi connectivity index (χ4v) is 2.12. The van der Waals surface area contributed by atoms with Gasteiger partial charge in [0.2, 0.25) is 0 Å². The molecule has 0 unspecified atom stereocenters. The number of carbonyl (C=O) groups is 2. The van der Waals surface area contributed by atoms with Gasteiger partial charge in [0.15, 0.2) is 0 Å². The Morgan fingerprint density at radius 2 is 2.17 bits per heavy atom. The second-order valence-electron chi connectivity index (χ2n) is 3.67. The molecule has 1 heterocycles. The third kappa shape index (κ3) is 4.25. The molecule has 2 amide bonds. The van der Waals surface area contributed by atoms with Crippen molar-refractivity contribution >= 4 is 34.2 Å². The predicted molar refractivity (Wildman–Crippen MR) is 70.6 cm³/mol. The van der Waals surface area contributed by atoms with Crippen LogP contribution in [0.15, 0.2) is 5.38 Å². The average Bonchev–Trinajstić information content (AvgIpc) is 2.61. The molecule has 3 N–H and O–H groups in total. The number of hydrogen-bond donors (Lipinski definition) is 3. The van der Waals surface area contributed by atoms with E-state index in [1.165, 1.54) is 11.3 Å². The van der Waals surface area contributed by atoms with E-state index in [4.69, 9.17) is 9.84 Å². The Morgan fingerprint density at radius 1 is 1.44 bits per heavy atom. The zero-order chi connectivity index (χ0) is 13.5. The van der Waals surface area contributed by atoms with Crippen LogP contribution in [-0.2, 0) is 4.74 Å². The second-order valence-corrected chi connectivity index (χ2v) is 4.55. The van der Waals surface area contributed by atoms with Crippen molar-refractivity contribution in [1.82, 2.24) is 0 Å². The molecule has 0 fully saturated rings. The van der Waals surface area contributed by atoms with E-state index in [0.29, 0.717) is 17.3 Å². The van der Waals surface area contributed by atoms with Crippen LogP contribution in [-0.4, -0.2) is 23.9 Å². The monoisotopic (exact) mass is 272 g/mol. The first-order chi connectivity index (χ1) is 8.54. The summed E-state index contributed by atoms with van der Waals surface area (Å²) in [5, 5.41) is 15.7. The van der Waals surface area contributed by atoms with Gasteiger partial charge in [-0.1, -0.05) is 13.3 Å². The van der Waals surface area contributed by atoms with Crippen molar-refractivity contribution < 1.29 is 19.4 Å². The maximum absolute atomic E-state index is 11.4. The lowest BCUT2D eigenvalue weighted by atomic mass is 10.3. The highest BCUT2D eigenvalue weighted by Gasteiger charge is 2.14. The summed E-state index contributed by atoms with van der Waals surface area (Å²) < 4.78 is 4.94. The SMILES string of the molecule is CCCCOC(=O)Nc1scc(C)c1NC(=O)O. The van der Waals surface area contributed by atoms with Crippen molar-refractivity contribution in [2.45, 2.75) is 26.7 Å². The van der Waals surface area contributed by atoms with E-state index >= 15 is 0 Å². The second kappa shape index (κ2) is 6.85. The molecule has 0 spiro atoms. The predicted octanol–water partition coefficient (Wildman–Crippen LogP) is 3.50. The Kier molecular flexibility index (Phi) is 5.44. The van der Waals surface area contributed by atoms with Crippen LogP contribution in [0.25, 0.3) is 0 Å². The number of carboxylic acid groups (broad SMARTS) is 1. The van der Waals surface area contributed by atoms with E-state index in [1.807, 2.05) is 6.92 Å². The molecule has 1 aromatic rings. The molecule has 0 bridgehead atoms. The summed E-state index contributed by atoms with van der Waals surface area (Å²) in [6.07, 6.45) is 0.00608. The Hall–Kier alpha value is -1.76. The Balaban J connectivity index is 2.61. The van der Waals surface area contributed by atoms with Crippen molar-refractivity contribution in [2.24, 2.45) is 0 Å². The molecule has 6 nitrogen and oxygen atoms in total. The molecule has 0 saturated carbocycles. The lowest BCUT2D eigenvalue weighted by Crippen LogP contribution is -2.16. The van der Waals surface area contributed by atoms with Gasteiger partial charge in [-0.15, -0.1) is 11.3 Å². The molecule has 0 atom stereocenters. The molecule has 0 aliphatic rings. The maximum atomic E-state index is 11.4. The number of ether oxygens (including phenoxy) is 1. The fourth-order valence-electron chi connectivity index (χ4n) is 1.24. The van der Waals surface area contributed by atoms with E-state index in [-0.39, 0.29) is 0 Å². The largest absolute Gasteiger partial charge is 0.465 e. The van der Waals surface area contributed by atoms with Gasteiger partial charge in [-0.3, -0.25) is 10.6 Å². The molecular formula is C11H16N2O4S. The summed E-state index contributed by atoms with van der Waals surface area (Å²) in [5.41, 5.74) is 1.14. The topological polar surface area (TPSA) is 87.7 Å². The highest BCUT2D eigenvalue weighted by Crippen LogP contribution is 2.33. The van der Waals surface area contributed by atoms with Gasteiger partial charge >= 0.3 is 12.2 Å². The molecule has 7 heteroatoms. The van der Waals surface area contributed by atoms with Crippen LogP contribution >= 0.6 is 11.3 Å². The highest BCUT2D eigenvalue weighted by atomic mass is 32.1. The van der Waals surface area contributed by atoms with E-state index in [9.17, 15) is 9.59 Å². The molecule has 0 saturated heterocycles. The molecule has 1 rings (SSSR count). The lowest BCUT2D eigenvalue weighted by Gasteiger charge is -2.07. The van der Waals surface area contributed by atoms with E-state index in [1.54, 1.807) is 12.3 Å². The number of anilines is 2. The number of amides is 2. The Bertz CT molecular complexity index is 431. The van der Waals surface area contributed by atoms with Gasteiger partial charge in [0.05, 0.1) is 12.3 Å². The number of rotatable bonds is 5. The van der Waals surface area contributed by atoms with Crippen LogP contribution in [0.4, 0.5) is 20.3 Å². The van der Waals surface area contributed by atoms with Crippen molar-refractivity contribution in [3.8, 4) is 0 Å². The van der Waals surface area contributed by atoms with Gasteiger partial charge in [0.25, 0.3) is 0 Å². The first-order valence-corrected chi connectivity index (χ1v) is 6.44. The first-order valence-electron chi connectivity index (χ1n) is 5.56. The average molecular weight is 272 g/mol. The van der Waals surface area contributed by atoms with Crippen LogP contribution in [0.2, 0.25) is 0 Å². The molecule has 18 heavy (non-hydrogen) atoms.